The molecule has 0 N–H and O–H groups in total. The van der Waals surface area contributed by atoms with Gasteiger partial charge >= 0.3 is 0 Å². The van der Waals surface area contributed by atoms with Gasteiger partial charge in [-0.2, -0.15) is 0 Å². The normalized spacial score (nSPS) is 17.9. The average molecular weight is 246 g/mol. The highest BCUT2D eigenvalue weighted by atomic mass is 16.5. The van der Waals surface area contributed by atoms with Gasteiger partial charge in [0.15, 0.2) is 17.3 Å². The van der Waals surface area contributed by atoms with Crippen molar-refractivity contribution in [2.75, 3.05) is 14.2 Å². The van der Waals surface area contributed by atoms with Gasteiger partial charge in [-0.15, -0.1) is 0 Å². The van der Waals surface area contributed by atoms with E-state index in [-0.39, 0.29) is 5.78 Å². The lowest BCUT2D eigenvalue weighted by Gasteiger charge is -2.13. The lowest BCUT2D eigenvalue weighted by molar-refractivity contribution is -0.116. The number of hydrogen-bond donors (Lipinski definition) is 0. The predicted octanol–water partition coefficient (Wildman–Crippen LogP) is 3.23. The lowest BCUT2D eigenvalue weighted by atomic mass is 9.92. The van der Waals surface area contributed by atoms with Gasteiger partial charge in [-0.1, -0.05) is 6.07 Å². The fraction of sp³-hybridized carbons (Fsp3) is 0.400. The molecule has 0 spiro atoms. The van der Waals surface area contributed by atoms with Crippen LogP contribution in [0.2, 0.25) is 0 Å². The van der Waals surface area contributed by atoms with E-state index in [4.69, 9.17) is 9.47 Å². The third kappa shape index (κ3) is 2.73. The number of hydrogen-bond acceptors (Lipinski definition) is 3. The Morgan fingerprint density at radius 1 is 1.06 bits per heavy atom. The number of Topliss-reactive ketones (excluding diaryl/α,β-unsaturated/α-hetero) is 1. The highest BCUT2D eigenvalue weighted by Gasteiger charge is 2.14. The minimum Gasteiger partial charge on any atom is -0.493 e. The van der Waals surface area contributed by atoms with Gasteiger partial charge in [0.05, 0.1) is 14.2 Å². The van der Waals surface area contributed by atoms with Crippen LogP contribution in [-0.4, -0.2) is 20.0 Å². The molecule has 96 valence electrons. The molecular formula is C15H18O3. The van der Waals surface area contributed by atoms with Crippen molar-refractivity contribution in [1.29, 1.82) is 0 Å². The van der Waals surface area contributed by atoms with Crippen LogP contribution in [0.1, 0.15) is 31.2 Å². The Morgan fingerprint density at radius 3 is 2.44 bits per heavy atom. The zero-order chi connectivity index (χ0) is 13.0. The van der Waals surface area contributed by atoms with E-state index in [2.05, 4.69) is 0 Å². The number of carbonyl (C=O) groups excluding carboxylic acids is 1. The molecule has 0 heterocycles. The Bertz CT molecular complexity index is 475. The first-order valence-electron chi connectivity index (χ1n) is 6.20. The molecule has 1 aromatic rings. The van der Waals surface area contributed by atoms with Crippen LogP contribution in [0.5, 0.6) is 11.5 Å². The van der Waals surface area contributed by atoms with Crippen molar-refractivity contribution < 1.29 is 14.3 Å². The lowest BCUT2D eigenvalue weighted by Crippen LogP contribution is -2.07. The van der Waals surface area contributed by atoms with Crippen LogP contribution >= 0.6 is 0 Å². The summed E-state index contributed by atoms with van der Waals surface area (Å²) < 4.78 is 10.4. The minimum absolute atomic E-state index is 0.274. The molecule has 0 atom stereocenters. The molecular weight excluding hydrogens is 228 g/mol. The first kappa shape index (κ1) is 12.7. The molecule has 3 heteroatoms. The monoisotopic (exact) mass is 246 g/mol. The quantitative estimate of drug-likeness (QED) is 0.768. The van der Waals surface area contributed by atoms with Crippen LogP contribution in [0.25, 0.3) is 6.08 Å². The Kier molecular flexibility index (Phi) is 4.03. The molecule has 1 saturated carbocycles. The summed E-state index contributed by atoms with van der Waals surface area (Å²) in [6, 6.07) is 5.70. The van der Waals surface area contributed by atoms with Crippen molar-refractivity contribution >= 4 is 11.9 Å². The summed E-state index contributed by atoms with van der Waals surface area (Å²) >= 11 is 0. The summed E-state index contributed by atoms with van der Waals surface area (Å²) in [6.07, 6.45) is 5.64. The second-order valence-corrected chi connectivity index (χ2v) is 4.41. The van der Waals surface area contributed by atoms with E-state index in [0.29, 0.717) is 17.9 Å². The zero-order valence-electron chi connectivity index (χ0n) is 10.9. The number of benzene rings is 1. The maximum atomic E-state index is 11.8. The van der Waals surface area contributed by atoms with Gasteiger partial charge in [-0.25, -0.2) is 0 Å². The van der Waals surface area contributed by atoms with Crippen molar-refractivity contribution in [1.82, 2.24) is 0 Å². The zero-order valence-corrected chi connectivity index (χ0v) is 10.9. The summed E-state index contributed by atoms with van der Waals surface area (Å²) in [4.78, 5) is 11.8. The molecule has 2 rings (SSSR count). The number of allylic oxidation sites excluding steroid dienone is 1. The molecule has 0 saturated heterocycles. The summed E-state index contributed by atoms with van der Waals surface area (Å²) in [5.74, 6) is 1.67. The van der Waals surface area contributed by atoms with Crippen molar-refractivity contribution in [3.63, 3.8) is 0 Å². The summed E-state index contributed by atoms with van der Waals surface area (Å²) in [5.41, 5.74) is 1.91. The van der Waals surface area contributed by atoms with Crippen molar-refractivity contribution in [3.05, 3.63) is 29.3 Å². The van der Waals surface area contributed by atoms with Crippen molar-refractivity contribution in [2.45, 2.75) is 25.7 Å². The fourth-order valence-electron chi connectivity index (χ4n) is 2.20. The second-order valence-electron chi connectivity index (χ2n) is 4.41. The van der Waals surface area contributed by atoms with Crippen LogP contribution in [0.4, 0.5) is 0 Å². The largest absolute Gasteiger partial charge is 0.493 e. The van der Waals surface area contributed by atoms with Gasteiger partial charge in [-0.3, -0.25) is 4.79 Å². The molecule has 1 fully saturated rings. The van der Waals surface area contributed by atoms with E-state index in [0.717, 1.165) is 30.4 Å². The standard InChI is InChI=1S/C15H18O3/c1-17-14-8-7-11(10-15(14)18-2)9-12-5-3-4-6-13(12)16/h7-10H,3-6H2,1-2H3. The average Bonchev–Trinajstić information content (AvgIpc) is 2.41. The Hall–Kier alpha value is -1.77. The van der Waals surface area contributed by atoms with Gasteiger partial charge in [-0.05, 0) is 48.6 Å². The number of ether oxygens (including phenoxy) is 2. The number of carbonyl (C=O) groups is 1. The Balaban J connectivity index is 2.28. The number of ketones is 1. The first-order chi connectivity index (χ1) is 8.74. The van der Waals surface area contributed by atoms with Crippen molar-refractivity contribution in [2.24, 2.45) is 0 Å². The van der Waals surface area contributed by atoms with E-state index in [1.165, 1.54) is 0 Å². The highest BCUT2D eigenvalue weighted by Crippen LogP contribution is 2.29. The molecule has 1 aromatic carbocycles. The van der Waals surface area contributed by atoms with E-state index < -0.39 is 0 Å². The van der Waals surface area contributed by atoms with Crippen LogP contribution in [-0.2, 0) is 4.79 Å². The Morgan fingerprint density at radius 2 is 1.78 bits per heavy atom. The molecule has 0 aromatic heterocycles. The number of rotatable bonds is 3. The van der Waals surface area contributed by atoms with Crippen molar-refractivity contribution in [3.8, 4) is 11.5 Å². The molecule has 18 heavy (non-hydrogen) atoms. The molecule has 1 aliphatic rings. The van der Waals surface area contributed by atoms with E-state index >= 15 is 0 Å². The topological polar surface area (TPSA) is 35.5 Å². The van der Waals surface area contributed by atoms with E-state index in [1.807, 2.05) is 24.3 Å². The maximum Gasteiger partial charge on any atom is 0.161 e. The van der Waals surface area contributed by atoms with E-state index in [1.54, 1.807) is 14.2 Å². The third-order valence-corrected chi connectivity index (χ3v) is 3.21. The Labute approximate surface area is 107 Å². The van der Waals surface area contributed by atoms with Gasteiger partial charge in [0.2, 0.25) is 0 Å². The highest BCUT2D eigenvalue weighted by molar-refractivity contribution is 6.00. The number of methoxy groups -OCH3 is 2. The van der Waals surface area contributed by atoms with Crippen LogP contribution in [0, 0.1) is 0 Å². The molecule has 0 unspecified atom stereocenters. The molecule has 0 radical (unpaired) electrons. The smallest absolute Gasteiger partial charge is 0.161 e. The van der Waals surface area contributed by atoms with Crippen LogP contribution in [0.3, 0.4) is 0 Å². The maximum absolute atomic E-state index is 11.8. The van der Waals surface area contributed by atoms with Gasteiger partial charge in [0.25, 0.3) is 0 Å². The predicted molar refractivity (Wildman–Crippen MR) is 71.0 cm³/mol. The van der Waals surface area contributed by atoms with Crippen LogP contribution in [0.15, 0.2) is 23.8 Å². The molecule has 1 aliphatic carbocycles. The van der Waals surface area contributed by atoms with Gasteiger partial charge in [0, 0.05) is 6.42 Å². The summed E-state index contributed by atoms with van der Waals surface area (Å²) in [6.45, 7) is 0. The summed E-state index contributed by atoms with van der Waals surface area (Å²) in [5, 5.41) is 0. The molecule has 0 aliphatic heterocycles. The minimum atomic E-state index is 0.274. The van der Waals surface area contributed by atoms with Crippen LogP contribution < -0.4 is 9.47 Å². The van der Waals surface area contributed by atoms with Gasteiger partial charge < -0.3 is 9.47 Å². The third-order valence-electron chi connectivity index (χ3n) is 3.21. The second kappa shape index (κ2) is 5.71. The SMILES string of the molecule is COc1ccc(C=C2CCCCC2=O)cc1OC. The molecule has 0 amide bonds. The summed E-state index contributed by atoms with van der Waals surface area (Å²) in [7, 11) is 3.22. The molecule has 3 nitrogen and oxygen atoms in total. The molecule has 0 bridgehead atoms. The first-order valence-corrected chi connectivity index (χ1v) is 6.20. The van der Waals surface area contributed by atoms with E-state index in [9.17, 15) is 4.79 Å². The fourth-order valence-corrected chi connectivity index (χ4v) is 2.20. The van der Waals surface area contributed by atoms with Gasteiger partial charge in [0.1, 0.15) is 0 Å².